The number of hydrogen-bond donors (Lipinski definition) is 0. The molecule has 0 unspecified atom stereocenters. The molecule has 1 aliphatic rings. The van der Waals surface area contributed by atoms with E-state index in [1.807, 2.05) is 20.8 Å². The van der Waals surface area contributed by atoms with Crippen molar-refractivity contribution in [1.82, 2.24) is 0 Å². The van der Waals surface area contributed by atoms with Crippen LogP contribution in [0.25, 0.3) is 0 Å². The van der Waals surface area contributed by atoms with Gasteiger partial charge in [-0.05, 0) is 79.1 Å². The summed E-state index contributed by atoms with van der Waals surface area (Å²) < 4.78 is 81.8. The van der Waals surface area contributed by atoms with Gasteiger partial charge in [-0.1, -0.05) is 33.6 Å². The topological polar surface area (TPSA) is 52.6 Å². The first-order valence-corrected chi connectivity index (χ1v) is 12.1. The van der Waals surface area contributed by atoms with E-state index in [-0.39, 0.29) is 23.4 Å². The monoisotopic (exact) mass is 520 g/mol. The van der Waals surface area contributed by atoms with Crippen molar-refractivity contribution in [3.63, 3.8) is 0 Å². The highest BCUT2D eigenvalue weighted by molar-refractivity contribution is 5.76. The zero-order chi connectivity index (χ0) is 28.0. The number of hydrogen-bond acceptors (Lipinski definition) is 4. The molecule has 0 radical (unpaired) electrons. The molecule has 0 aromatic heterocycles. The molecule has 0 spiro atoms. The second kappa shape index (κ2) is 12.2. The molecule has 0 aliphatic heterocycles. The van der Waals surface area contributed by atoms with Crippen LogP contribution in [0, 0.1) is 22.7 Å². The molecule has 35 heavy (non-hydrogen) atoms. The Morgan fingerprint density at radius 1 is 0.743 bits per heavy atom. The number of ether oxygens (including phenoxy) is 2. The first-order valence-electron chi connectivity index (χ1n) is 12.1. The van der Waals surface area contributed by atoms with Crippen LogP contribution in [0.15, 0.2) is 0 Å². The Morgan fingerprint density at radius 3 is 1.46 bits per heavy atom. The lowest BCUT2D eigenvalue weighted by atomic mass is 9.75. The normalized spacial score (nSPS) is 20.1. The highest BCUT2D eigenvalue weighted by atomic mass is 19.4. The van der Waals surface area contributed by atoms with Crippen LogP contribution in [-0.4, -0.2) is 36.0 Å². The van der Waals surface area contributed by atoms with Gasteiger partial charge in [0.15, 0.2) is 0 Å². The number of alkyl halides is 6. The summed E-state index contributed by atoms with van der Waals surface area (Å²) in [6.07, 6.45) is -9.62. The average Bonchev–Trinajstić information content (AvgIpc) is 2.70. The van der Waals surface area contributed by atoms with Crippen molar-refractivity contribution in [1.29, 1.82) is 0 Å². The van der Waals surface area contributed by atoms with Crippen LogP contribution < -0.4 is 0 Å². The van der Waals surface area contributed by atoms with Gasteiger partial charge in [-0.25, -0.2) is 0 Å². The number of carbonyl (C=O) groups is 2. The van der Waals surface area contributed by atoms with Crippen molar-refractivity contribution >= 4 is 11.9 Å². The molecule has 0 heterocycles. The number of esters is 2. The Hall–Kier alpha value is -1.48. The van der Waals surface area contributed by atoms with Gasteiger partial charge in [-0.2, -0.15) is 26.3 Å². The van der Waals surface area contributed by atoms with Crippen LogP contribution in [0.5, 0.6) is 0 Å². The maximum atomic E-state index is 12.2. The fourth-order valence-electron chi connectivity index (χ4n) is 3.29. The summed E-state index contributed by atoms with van der Waals surface area (Å²) in [5.74, 6) is -0.224. The van der Waals surface area contributed by atoms with E-state index in [1.54, 1.807) is 0 Å². The maximum absolute atomic E-state index is 12.2. The highest BCUT2D eigenvalue weighted by Gasteiger charge is 2.60. The third-order valence-electron chi connectivity index (χ3n) is 7.05. The predicted octanol–water partition coefficient (Wildman–Crippen LogP) is 8.03. The molecule has 1 aliphatic carbocycles. The zero-order valence-corrected chi connectivity index (χ0v) is 22.4. The fourth-order valence-corrected chi connectivity index (χ4v) is 3.29. The van der Waals surface area contributed by atoms with Gasteiger partial charge in [0.2, 0.25) is 0 Å². The Balaban J connectivity index is 0.000000662. The summed E-state index contributed by atoms with van der Waals surface area (Å²) >= 11 is 0. The minimum atomic E-state index is -5.67. The van der Waals surface area contributed by atoms with Crippen LogP contribution in [0.2, 0.25) is 0 Å². The molecule has 0 saturated heterocycles. The summed E-state index contributed by atoms with van der Waals surface area (Å²) in [5, 5.41) is 0. The van der Waals surface area contributed by atoms with Gasteiger partial charge in [0.05, 0.1) is 10.8 Å². The van der Waals surface area contributed by atoms with E-state index in [9.17, 15) is 35.9 Å². The lowest BCUT2D eigenvalue weighted by molar-refractivity contribution is -0.315. The second-order valence-corrected chi connectivity index (χ2v) is 11.3. The predicted molar refractivity (Wildman–Crippen MR) is 121 cm³/mol. The number of halogens is 6. The van der Waals surface area contributed by atoms with Crippen LogP contribution in [0.4, 0.5) is 26.3 Å². The van der Waals surface area contributed by atoms with Crippen molar-refractivity contribution in [2.24, 2.45) is 22.7 Å². The van der Waals surface area contributed by atoms with E-state index >= 15 is 0 Å². The van der Waals surface area contributed by atoms with Crippen molar-refractivity contribution in [3.05, 3.63) is 0 Å². The SMILES string of the molecule is CCC(C)(C)C(=O)OC(C(F)(F)F)C(F)(F)F.CCC(C)(C)C(=O)OC(C)(C)C1CCC(C)CC1. The van der Waals surface area contributed by atoms with E-state index in [1.165, 1.54) is 46.5 Å². The van der Waals surface area contributed by atoms with Gasteiger partial charge in [-0.15, -0.1) is 0 Å². The van der Waals surface area contributed by atoms with Crippen molar-refractivity contribution in [2.45, 2.75) is 125 Å². The molecule has 4 nitrogen and oxygen atoms in total. The Labute approximate surface area is 205 Å². The van der Waals surface area contributed by atoms with Crippen molar-refractivity contribution in [3.8, 4) is 0 Å². The standard InChI is InChI=1S/C16H30O2.C9H12F6O2/c1-7-15(3,4)14(17)18-16(5,6)13-10-8-12(2)9-11-13;1-4-7(2,3)6(16)17-5(8(10,11)12)9(13,14)15/h12-13H,7-11H2,1-6H3;5H,4H2,1-3H3. The minimum absolute atomic E-state index is 0.0476. The molecule has 208 valence electrons. The van der Waals surface area contributed by atoms with Gasteiger partial charge in [0.1, 0.15) is 5.60 Å². The fraction of sp³-hybridized carbons (Fsp3) is 0.920. The molecular weight excluding hydrogens is 478 g/mol. The maximum Gasteiger partial charge on any atom is 0.434 e. The molecule has 1 rings (SSSR count). The molecule has 0 bridgehead atoms. The van der Waals surface area contributed by atoms with Gasteiger partial charge in [-0.3, -0.25) is 9.59 Å². The number of carbonyl (C=O) groups excluding carboxylic acids is 2. The molecule has 1 fully saturated rings. The minimum Gasteiger partial charge on any atom is -0.459 e. The molecule has 0 amide bonds. The molecular formula is C25H42F6O4. The van der Waals surface area contributed by atoms with Crippen molar-refractivity contribution in [2.75, 3.05) is 0 Å². The molecule has 1 saturated carbocycles. The van der Waals surface area contributed by atoms with E-state index in [2.05, 4.69) is 25.5 Å². The van der Waals surface area contributed by atoms with Gasteiger partial charge < -0.3 is 9.47 Å². The number of rotatable bonds is 7. The molecule has 10 heteroatoms. The molecule has 0 atom stereocenters. The van der Waals surface area contributed by atoms with Gasteiger partial charge in [0, 0.05) is 0 Å². The lowest BCUT2D eigenvalue weighted by Crippen LogP contribution is -2.47. The quantitative estimate of drug-likeness (QED) is 0.252. The average molecular weight is 521 g/mol. The van der Waals surface area contributed by atoms with Gasteiger partial charge >= 0.3 is 24.3 Å². The summed E-state index contributed by atoms with van der Waals surface area (Å²) in [5.41, 5.74) is -2.07. The first-order chi connectivity index (χ1) is 15.5. The first kappa shape index (κ1) is 33.5. The smallest absolute Gasteiger partial charge is 0.434 e. The van der Waals surface area contributed by atoms with Crippen molar-refractivity contribution < 1.29 is 45.4 Å². The summed E-state index contributed by atoms with van der Waals surface area (Å²) in [6.45, 7) is 16.3. The van der Waals surface area contributed by atoms with E-state index in [0.29, 0.717) is 5.92 Å². The molecule has 0 aromatic rings. The summed E-state index contributed by atoms with van der Waals surface area (Å²) in [4.78, 5) is 23.4. The zero-order valence-electron chi connectivity index (χ0n) is 22.4. The molecule has 0 N–H and O–H groups in total. The van der Waals surface area contributed by atoms with Crippen LogP contribution in [-0.2, 0) is 19.1 Å². The van der Waals surface area contributed by atoms with Crippen LogP contribution >= 0.6 is 0 Å². The Bertz CT molecular complexity index is 673. The van der Waals surface area contributed by atoms with E-state index < -0.39 is 29.8 Å². The largest absolute Gasteiger partial charge is 0.459 e. The van der Waals surface area contributed by atoms with Gasteiger partial charge in [0.25, 0.3) is 6.10 Å². The Kier molecular flexibility index (Phi) is 11.7. The van der Waals surface area contributed by atoms with E-state index in [4.69, 9.17) is 4.74 Å². The van der Waals surface area contributed by atoms with E-state index in [0.717, 1.165) is 12.3 Å². The third-order valence-corrected chi connectivity index (χ3v) is 7.05. The summed E-state index contributed by atoms with van der Waals surface area (Å²) in [7, 11) is 0. The third kappa shape index (κ3) is 10.6. The second-order valence-electron chi connectivity index (χ2n) is 11.3. The highest BCUT2D eigenvalue weighted by Crippen LogP contribution is 2.39. The molecule has 0 aromatic carbocycles. The Morgan fingerprint density at radius 2 is 1.11 bits per heavy atom. The lowest BCUT2D eigenvalue weighted by Gasteiger charge is -2.39. The van der Waals surface area contributed by atoms with Crippen LogP contribution in [0.3, 0.4) is 0 Å². The summed E-state index contributed by atoms with van der Waals surface area (Å²) in [6, 6.07) is 0. The van der Waals surface area contributed by atoms with Crippen LogP contribution in [0.1, 0.15) is 101 Å².